The van der Waals surface area contributed by atoms with Gasteiger partial charge in [-0.1, -0.05) is 12.1 Å². The van der Waals surface area contributed by atoms with Crippen molar-refractivity contribution in [3.05, 3.63) is 78.0 Å². The average molecular weight is 428 g/mol. The Morgan fingerprint density at radius 2 is 1.84 bits per heavy atom. The molecular weight excluding hydrogens is 404 g/mol. The molecule has 1 fully saturated rings. The molecule has 0 spiro atoms. The van der Waals surface area contributed by atoms with E-state index in [1.165, 1.54) is 0 Å². The van der Waals surface area contributed by atoms with Gasteiger partial charge in [0.15, 0.2) is 5.82 Å². The minimum Gasteiger partial charge on any atom is -0.457 e. The van der Waals surface area contributed by atoms with E-state index in [9.17, 15) is 10.1 Å². The van der Waals surface area contributed by atoms with Crippen LogP contribution in [0, 0.1) is 11.3 Å². The van der Waals surface area contributed by atoms with Crippen molar-refractivity contribution in [1.29, 1.82) is 5.26 Å². The SMILES string of the molecule is CCN(c1ccc(Oc2ccc(CC3COC(=O)N3C)cc2)cc1)c1ncccc1C#N. The molecule has 1 aromatic heterocycles. The molecule has 1 unspecified atom stereocenters. The van der Waals surface area contributed by atoms with Crippen LogP contribution in [0.1, 0.15) is 18.1 Å². The van der Waals surface area contributed by atoms with E-state index in [2.05, 4.69) is 11.1 Å². The first kappa shape index (κ1) is 21.2. The zero-order valence-corrected chi connectivity index (χ0v) is 18.1. The third-order valence-corrected chi connectivity index (χ3v) is 5.49. The standard InChI is InChI=1S/C25H24N4O3/c1-3-29(24-19(16-26)5-4-14-27-24)20-8-12-23(13-9-20)32-22-10-6-18(7-11-22)15-21-17-31-25(30)28(21)2/h4-14,21H,3,15,17H2,1-2H3. The first-order valence-corrected chi connectivity index (χ1v) is 10.5. The molecule has 1 aliphatic rings. The molecule has 0 saturated carbocycles. The van der Waals surface area contributed by atoms with Crippen LogP contribution >= 0.6 is 0 Å². The molecule has 0 bridgehead atoms. The molecule has 162 valence electrons. The summed E-state index contributed by atoms with van der Waals surface area (Å²) in [4.78, 5) is 19.5. The Balaban J connectivity index is 1.42. The maximum Gasteiger partial charge on any atom is 0.409 e. The van der Waals surface area contributed by atoms with Crippen molar-refractivity contribution in [2.75, 3.05) is 25.1 Å². The molecule has 2 heterocycles. The number of hydrogen-bond acceptors (Lipinski definition) is 6. The minimum atomic E-state index is -0.271. The van der Waals surface area contributed by atoms with Crippen molar-refractivity contribution in [2.45, 2.75) is 19.4 Å². The summed E-state index contributed by atoms with van der Waals surface area (Å²) in [5.41, 5.74) is 2.59. The summed E-state index contributed by atoms with van der Waals surface area (Å²) in [5.74, 6) is 2.09. The van der Waals surface area contributed by atoms with Crippen LogP contribution < -0.4 is 9.64 Å². The van der Waals surface area contributed by atoms with Crippen molar-refractivity contribution in [3.8, 4) is 17.6 Å². The lowest BCUT2D eigenvalue weighted by atomic mass is 10.1. The molecule has 0 N–H and O–H groups in total. The number of carbonyl (C=O) groups is 1. The van der Waals surface area contributed by atoms with Gasteiger partial charge >= 0.3 is 6.09 Å². The summed E-state index contributed by atoms with van der Waals surface area (Å²) >= 11 is 0. The van der Waals surface area contributed by atoms with E-state index in [1.807, 2.05) is 60.4 Å². The maximum absolute atomic E-state index is 11.5. The Morgan fingerprint density at radius 3 is 2.44 bits per heavy atom. The van der Waals surface area contributed by atoms with Gasteiger partial charge in [0.25, 0.3) is 0 Å². The zero-order chi connectivity index (χ0) is 22.5. The predicted molar refractivity (Wildman–Crippen MR) is 121 cm³/mol. The fraction of sp³-hybridized carbons (Fsp3) is 0.240. The third kappa shape index (κ3) is 4.49. The number of anilines is 2. The minimum absolute atomic E-state index is 0.0592. The van der Waals surface area contributed by atoms with Crippen LogP contribution in [0.15, 0.2) is 66.9 Å². The topological polar surface area (TPSA) is 78.7 Å². The molecule has 0 radical (unpaired) electrons. The summed E-state index contributed by atoms with van der Waals surface area (Å²) in [5, 5.41) is 9.38. The number of carbonyl (C=O) groups excluding carboxylic acids is 1. The van der Waals surface area contributed by atoms with Crippen molar-refractivity contribution in [2.24, 2.45) is 0 Å². The highest BCUT2D eigenvalue weighted by atomic mass is 16.6. The zero-order valence-electron chi connectivity index (χ0n) is 18.1. The van der Waals surface area contributed by atoms with Gasteiger partial charge in [0.1, 0.15) is 24.2 Å². The quantitative estimate of drug-likeness (QED) is 0.533. The summed E-state index contributed by atoms with van der Waals surface area (Å²) in [6.07, 6.45) is 2.16. The van der Waals surface area contributed by atoms with Gasteiger partial charge in [0.2, 0.25) is 0 Å². The molecule has 1 amide bonds. The summed E-state index contributed by atoms with van der Waals surface area (Å²) in [6, 6.07) is 21.3. The van der Waals surface area contributed by atoms with Crippen LogP contribution in [0.5, 0.6) is 11.5 Å². The van der Waals surface area contributed by atoms with E-state index in [-0.39, 0.29) is 12.1 Å². The Bertz CT molecular complexity index is 1120. The number of ether oxygens (including phenoxy) is 2. The fourth-order valence-electron chi connectivity index (χ4n) is 3.68. The van der Waals surface area contributed by atoms with Crippen LogP contribution in [0.2, 0.25) is 0 Å². The van der Waals surface area contributed by atoms with Crippen LogP contribution in [0.4, 0.5) is 16.3 Å². The number of benzene rings is 2. The lowest BCUT2D eigenvalue weighted by Crippen LogP contribution is -2.30. The number of nitriles is 1. The average Bonchev–Trinajstić information content (AvgIpc) is 3.14. The van der Waals surface area contributed by atoms with Gasteiger partial charge in [-0.3, -0.25) is 0 Å². The highest BCUT2D eigenvalue weighted by Crippen LogP contribution is 2.29. The number of hydrogen-bond donors (Lipinski definition) is 0. The van der Waals surface area contributed by atoms with Crippen LogP contribution in [-0.4, -0.2) is 42.2 Å². The number of aromatic nitrogens is 1. The van der Waals surface area contributed by atoms with Crippen molar-refractivity contribution in [3.63, 3.8) is 0 Å². The Hall–Kier alpha value is -4.05. The predicted octanol–water partition coefficient (Wildman–Crippen LogP) is 4.90. The van der Waals surface area contributed by atoms with E-state index < -0.39 is 0 Å². The Morgan fingerprint density at radius 1 is 1.16 bits per heavy atom. The first-order chi connectivity index (χ1) is 15.6. The normalized spacial score (nSPS) is 15.2. The van der Waals surface area contributed by atoms with E-state index in [0.717, 1.165) is 23.4 Å². The molecule has 0 aliphatic carbocycles. The fourth-order valence-corrected chi connectivity index (χ4v) is 3.68. The number of amides is 1. The molecule has 7 nitrogen and oxygen atoms in total. The molecule has 2 aromatic carbocycles. The Kier molecular flexibility index (Phi) is 6.22. The number of cyclic esters (lactones) is 1. The maximum atomic E-state index is 11.5. The van der Waals surface area contributed by atoms with E-state index in [1.54, 1.807) is 30.3 Å². The lowest BCUT2D eigenvalue weighted by molar-refractivity contribution is 0.163. The van der Waals surface area contributed by atoms with Crippen LogP contribution in [-0.2, 0) is 11.2 Å². The van der Waals surface area contributed by atoms with Gasteiger partial charge in [-0.15, -0.1) is 0 Å². The molecule has 3 aromatic rings. The van der Waals surface area contributed by atoms with Crippen LogP contribution in [0.25, 0.3) is 0 Å². The monoisotopic (exact) mass is 428 g/mol. The Labute approximate surface area is 187 Å². The van der Waals surface area contributed by atoms with Crippen LogP contribution in [0.3, 0.4) is 0 Å². The summed E-state index contributed by atoms with van der Waals surface area (Å²) in [7, 11) is 1.76. The lowest BCUT2D eigenvalue weighted by Gasteiger charge is -2.23. The van der Waals surface area contributed by atoms with Crippen molar-refractivity contribution < 1.29 is 14.3 Å². The molecule has 32 heavy (non-hydrogen) atoms. The molecule has 4 rings (SSSR count). The number of rotatable bonds is 7. The van der Waals surface area contributed by atoms with Gasteiger partial charge in [0.05, 0.1) is 11.6 Å². The second-order valence-corrected chi connectivity index (χ2v) is 7.52. The smallest absolute Gasteiger partial charge is 0.409 e. The van der Waals surface area contributed by atoms with E-state index in [4.69, 9.17) is 9.47 Å². The molecule has 1 saturated heterocycles. The molecule has 7 heteroatoms. The first-order valence-electron chi connectivity index (χ1n) is 10.5. The van der Waals surface area contributed by atoms with Crippen molar-refractivity contribution in [1.82, 2.24) is 9.88 Å². The van der Waals surface area contributed by atoms with Gasteiger partial charge < -0.3 is 19.3 Å². The molecule has 1 atom stereocenters. The number of pyridine rings is 1. The molecule has 1 aliphatic heterocycles. The van der Waals surface area contributed by atoms with Gasteiger partial charge in [-0.2, -0.15) is 5.26 Å². The number of likely N-dealkylation sites (N-methyl/N-ethyl adjacent to an activating group) is 1. The number of nitrogens with zero attached hydrogens (tertiary/aromatic N) is 4. The third-order valence-electron chi connectivity index (χ3n) is 5.49. The van der Waals surface area contributed by atoms with Gasteiger partial charge in [-0.05, 0) is 67.4 Å². The second-order valence-electron chi connectivity index (χ2n) is 7.52. The van der Waals surface area contributed by atoms with Gasteiger partial charge in [0, 0.05) is 25.5 Å². The second kappa shape index (κ2) is 9.40. The van der Waals surface area contributed by atoms with Gasteiger partial charge in [-0.25, -0.2) is 9.78 Å². The van der Waals surface area contributed by atoms with E-state index in [0.29, 0.717) is 30.3 Å². The largest absolute Gasteiger partial charge is 0.457 e. The summed E-state index contributed by atoms with van der Waals surface area (Å²) < 4.78 is 11.1. The molecular formula is C25H24N4O3. The van der Waals surface area contributed by atoms with E-state index >= 15 is 0 Å². The summed E-state index contributed by atoms with van der Waals surface area (Å²) in [6.45, 7) is 3.12. The highest BCUT2D eigenvalue weighted by Gasteiger charge is 2.29. The highest BCUT2D eigenvalue weighted by molar-refractivity contribution is 5.69. The van der Waals surface area contributed by atoms with Crippen molar-refractivity contribution >= 4 is 17.6 Å².